The Morgan fingerprint density at radius 2 is 1.87 bits per heavy atom. The second-order valence-corrected chi connectivity index (χ2v) is 8.43. The molecule has 2 aromatic carbocycles. The molecule has 4 nitrogen and oxygen atoms in total. The lowest BCUT2D eigenvalue weighted by Crippen LogP contribution is -2.35. The van der Waals surface area contributed by atoms with Crippen molar-refractivity contribution in [3.05, 3.63) is 65.0 Å². The van der Waals surface area contributed by atoms with Crippen LogP contribution in [-0.2, 0) is 17.8 Å². The summed E-state index contributed by atoms with van der Waals surface area (Å²) in [4.78, 5) is 4.95. The standard InChI is InChI=1S/C25H33FN2O2/c1-29-25-10-9-20(16-22(25)19-27-12-14-30-15-13-27)18-28-11-4-2-3-8-24(28)21-6-5-7-23(26)17-21/h5-7,9-10,16-17,24H,2-4,8,11-15,18-19H2,1H3. The Kier molecular flexibility index (Phi) is 7.37. The number of hydrogen-bond acceptors (Lipinski definition) is 4. The summed E-state index contributed by atoms with van der Waals surface area (Å²) < 4.78 is 25.0. The number of benzene rings is 2. The van der Waals surface area contributed by atoms with E-state index in [1.807, 2.05) is 6.07 Å². The van der Waals surface area contributed by atoms with E-state index in [9.17, 15) is 4.39 Å². The summed E-state index contributed by atoms with van der Waals surface area (Å²) in [6, 6.07) is 14.0. The van der Waals surface area contributed by atoms with Crippen LogP contribution in [0.15, 0.2) is 42.5 Å². The van der Waals surface area contributed by atoms with E-state index in [2.05, 4.69) is 34.1 Å². The highest BCUT2D eigenvalue weighted by molar-refractivity contribution is 5.37. The molecule has 2 heterocycles. The topological polar surface area (TPSA) is 24.9 Å². The number of halogens is 1. The molecule has 2 fully saturated rings. The molecule has 0 bridgehead atoms. The Balaban J connectivity index is 1.54. The molecule has 0 amide bonds. The lowest BCUT2D eigenvalue weighted by Gasteiger charge is -2.31. The molecular formula is C25H33FN2O2. The van der Waals surface area contributed by atoms with Crippen LogP contribution in [0.4, 0.5) is 4.39 Å². The number of methoxy groups -OCH3 is 1. The maximum absolute atomic E-state index is 13.9. The van der Waals surface area contributed by atoms with Crippen LogP contribution in [-0.4, -0.2) is 49.8 Å². The quantitative estimate of drug-likeness (QED) is 0.681. The third-order valence-electron chi connectivity index (χ3n) is 6.33. The first-order chi connectivity index (χ1) is 14.7. The van der Waals surface area contributed by atoms with Crippen molar-refractivity contribution in [3.63, 3.8) is 0 Å². The largest absolute Gasteiger partial charge is 0.496 e. The minimum atomic E-state index is -0.144. The first-order valence-corrected chi connectivity index (χ1v) is 11.2. The molecule has 0 aliphatic carbocycles. The first-order valence-electron chi connectivity index (χ1n) is 11.2. The van der Waals surface area contributed by atoms with E-state index < -0.39 is 0 Å². The highest BCUT2D eigenvalue weighted by atomic mass is 19.1. The van der Waals surface area contributed by atoms with Gasteiger partial charge in [0, 0.05) is 37.8 Å². The second kappa shape index (κ2) is 10.4. The van der Waals surface area contributed by atoms with Crippen molar-refractivity contribution in [2.24, 2.45) is 0 Å². The Hall–Kier alpha value is -1.95. The number of hydrogen-bond donors (Lipinski definition) is 0. The molecule has 0 aromatic heterocycles. The van der Waals surface area contributed by atoms with E-state index in [1.165, 1.54) is 36.5 Å². The Morgan fingerprint density at radius 3 is 2.67 bits per heavy atom. The number of nitrogens with zero attached hydrogens (tertiary/aromatic N) is 2. The fourth-order valence-corrected chi connectivity index (χ4v) is 4.74. The Morgan fingerprint density at radius 1 is 1.00 bits per heavy atom. The first kappa shape index (κ1) is 21.3. The minimum Gasteiger partial charge on any atom is -0.496 e. The highest BCUT2D eigenvalue weighted by Gasteiger charge is 2.23. The molecule has 0 radical (unpaired) electrons. The molecular weight excluding hydrogens is 379 g/mol. The molecule has 1 atom stereocenters. The molecule has 162 valence electrons. The van der Waals surface area contributed by atoms with Crippen LogP contribution in [0.1, 0.15) is 48.4 Å². The van der Waals surface area contributed by atoms with E-state index in [0.29, 0.717) is 0 Å². The normalized spacial score (nSPS) is 21.3. The zero-order valence-electron chi connectivity index (χ0n) is 18.0. The summed E-state index contributed by atoms with van der Waals surface area (Å²) in [5.41, 5.74) is 3.62. The van der Waals surface area contributed by atoms with Crippen LogP contribution >= 0.6 is 0 Å². The molecule has 5 heteroatoms. The minimum absolute atomic E-state index is 0.144. The van der Waals surface area contributed by atoms with Gasteiger partial charge in [0.25, 0.3) is 0 Å². The van der Waals surface area contributed by atoms with E-state index in [1.54, 1.807) is 13.2 Å². The summed E-state index contributed by atoms with van der Waals surface area (Å²) in [5.74, 6) is 0.803. The summed E-state index contributed by atoms with van der Waals surface area (Å²) in [6.07, 6.45) is 4.72. The van der Waals surface area contributed by atoms with Gasteiger partial charge in [-0.2, -0.15) is 0 Å². The second-order valence-electron chi connectivity index (χ2n) is 8.43. The maximum atomic E-state index is 13.9. The van der Waals surface area contributed by atoms with Crippen molar-refractivity contribution < 1.29 is 13.9 Å². The third-order valence-corrected chi connectivity index (χ3v) is 6.33. The number of morpholine rings is 1. The molecule has 1 unspecified atom stereocenters. The lowest BCUT2D eigenvalue weighted by atomic mass is 9.99. The van der Waals surface area contributed by atoms with Crippen LogP contribution in [0.2, 0.25) is 0 Å². The van der Waals surface area contributed by atoms with Gasteiger partial charge in [0.2, 0.25) is 0 Å². The van der Waals surface area contributed by atoms with Crippen LogP contribution in [0.3, 0.4) is 0 Å². The lowest BCUT2D eigenvalue weighted by molar-refractivity contribution is 0.0338. The maximum Gasteiger partial charge on any atom is 0.123 e. The number of likely N-dealkylation sites (tertiary alicyclic amines) is 1. The van der Waals surface area contributed by atoms with Gasteiger partial charge in [-0.15, -0.1) is 0 Å². The van der Waals surface area contributed by atoms with Crippen molar-refractivity contribution in [3.8, 4) is 5.75 Å². The SMILES string of the molecule is COc1ccc(CN2CCCCCC2c2cccc(F)c2)cc1CN1CCOCC1. The molecule has 0 N–H and O–H groups in total. The van der Waals surface area contributed by atoms with Crippen LogP contribution in [0.5, 0.6) is 5.75 Å². The van der Waals surface area contributed by atoms with Gasteiger partial charge in [-0.1, -0.05) is 31.0 Å². The molecule has 2 aliphatic rings. The molecule has 2 aliphatic heterocycles. The van der Waals surface area contributed by atoms with E-state index in [4.69, 9.17) is 9.47 Å². The summed E-state index contributed by atoms with van der Waals surface area (Å²) >= 11 is 0. The number of rotatable bonds is 6. The van der Waals surface area contributed by atoms with Gasteiger partial charge in [-0.25, -0.2) is 4.39 Å². The van der Waals surface area contributed by atoms with Crippen molar-refractivity contribution in [2.75, 3.05) is 40.0 Å². The molecule has 2 saturated heterocycles. The van der Waals surface area contributed by atoms with Crippen LogP contribution < -0.4 is 4.74 Å². The smallest absolute Gasteiger partial charge is 0.123 e. The fraction of sp³-hybridized carbons (Fsp3) is 0.520. The summed E-state index contributed by atoms with van der Waals surface area (Å²) in [5, 5.41) is 0. The van der Waals surface area contributed by atoms with Crippen molar-refractivity contribution in [1.29, 1.82) is 0 Å². The molecule has 2 aromatic rings. The summed E-state index contributed by atoms with van der Waals surface area (Å²) in [7, 11) is 1.74. The average molecular weight is 413 g/mol. The fourth-order valence-electron chi connectivity index (χ4n) is 4.74. The molecule has 30 heavy (non-hydrogen) atoms. The van der Waals surface area contributed by atoms with E-state index in [0.717, 1.165) is 63.7 Å². The molecule has 0 saturated carbocycles. The van der Waals surface area contributed by atoms with Crippen molar-refractivity contribution >= 4 is 0 Å². The van der Waals surface area contributed by atoms with Crippen molar-refractivity contribution in [1.82, 2.24) is 9.80 Å². The predicted octanol–water partition coefficient (Wildman–Crippen LogP) is 4.78. The van der Waals surface area contributed by atoms with Crippen molar-refractivity contribution in [2.45, 2.75) is 44.8 Å². The van der Waals surface area contributed by atoms with E-state index in [-0.39, 0.29) is 11.9 Å². The zero-order valence-corrected chi connectivity index (χ0v) is 18.0. The zero-order chi connectivity index (χ0) is 20.8. The van der Waals surface area contributed by atoms with Gasteiger partial charge in [-0.05, 0) is 54.8 Å². The number of ether oxygens (including phenoxy) is 2. The summed E-state index contributed by atoms with van der Waals surface area (Å²) in [6.45, 7) is 6.32. The van der Waals surface area contributed by atoms with Gasteiger partial charge in [-0.3, -0.25) is 9.80 Å². The predicted molar refractivity (Wildman–Crippen MR) is 117 cm³/mol. The monoisotopic (exact) mass is 412 g/mol. The van der Waals surface area contributed by atoms with E-state index >= 15 is 0 Å². The Bertz CT molecular complexity index is 823. The average Bonchev–Trinajstić information content (AvgIpc) is 3.00. The highest BCUT2D eigenvalue weighted by Crippen LogP contribution is 2.32. The van der Waals surface area contributed by atoms with Crippen LogP contribution in [0, 0.1) is 5.82 Å². The Labute approximate surface area is 179 Å². The molecule has 0 spiro atoms. The van der Waals surface area contributed by atoms with Gasteiger partial charge < -0.3 is 9.47 Å². The van der Waals surface area contributed by atoms with Gasteiger partial charge in [0.15, 0.2) is 0 Å². The van der Waals surface area contributed by atoms with Crippen LogP contribution in [0.25, 0.3) is 0 Å². The molecule has 4 rings (SSSR count). The third kappa shape index (κ3) is 5.39. The van der Waals surface area contributed by atoms with Gasteiger partial charge in [0.05, 0.1) is 20.3 Å². The van der Waals surface area contributed by atoms with Gasteiger partial charge in [0.1, 0.15) is 11.6 Å². The van der Waals surface area contributed by atoms with Gasteiger partial charge >= 0.3 is 0 Å².